The highest BCUT2D eigenvalue weighted by atomic mass is 32.2. The first kappa shape index (κ1) is 20.1. The van der Waals surface area contributed by atoms with E-state index in [-0.39, 0.29) is 10.7 Å². The van der Waals surface area contributed by atoms with Gasteiger partial charge in [-0.3, -0.25) is 9.69 Å². The van der Waals surface area contributed by atoms with E-state index in [0.29, 0.717) is 27.7 Å². The Morgan fingerprint density at radius 1 is 1.27 bits per heavy atom. The summed E-state index contributed by atoms with van der Waals surface area (Å²) in [6, 6.07) is 2.28. The molecule has 0 spiro atoms. The van der Waals surface area contributed by atoms with Crippen LogP contribution >= 0.6 is 24.0 Å². The highest BCUT2D eigenvalue weighted by Crippen LogP contribution is 2.40. The molecule has 1 atom stereocenters. The van der Waals surface area contributed by atoms with Gasteiger partial charge in [0.1, 0.15) is 4.32 Å². The molecule has 140 valence electrons. The van der Waals surface area contributed by atoms with Crippen molar-refractivity contribution in [3.05, 3.63) is 22.6 Å². The van der Waals surface area contributed by atoms with Crippen LogP contribution in [0.25, 0.3) is 6.08 Å². The molecule has 0 bridgehead atoms. The summed E-state index contributed by atoms with van der Waals surface area (Å²) < 4.78 is 16.0. The number of carboxylic acid groups (broad SMARTS) is 1. The number of hydrogen-bond donors (Lipinski definition) is 0. The lowest BCUT2D eigenvalue weighted by Crippen LogP contribution is -2.49. The van der Waals surface area contributed by atoms with E-state index in [0.717, 1.165) is 16.7 Å². The molecular formula is C17H18NO6S2-. The molecule has 0 saturated carbocycles. The van der Waals surface area contributed by atoms with Gasteiger partial charge in [0, 0.05) is 0 Å². The molecule has 1 heterocycles. The van der Waals surface area contributed by atoms with Gasteiger partial charge in [-0.25, -0.2) is 0 Å². The lowest BCUT2D eigenvalue weighted by molar-refractivity contribution is -0.310. The number of nitrogens with zero attached hydrogens (tertiary/aromatic N) is 1. The van der Waals surface area contributed by atoms with E-state index < -0.39 is 17.9 Å². The van der Waals surface area contributed by atoms with Gasteiger partial charge in [0.05, 0.1) is 38.2 Å². The normalized spacial score (nSPS) is 16.8. The van der Waals surface area contributed by atoms with Gasteiger partial charge in [-0.1, -0.05) is 30.9 Å². The van der Waals surface area contributed by atoms with Gasteiger partial charge in [-0.15, -0.1) is 0 Å². The summed E-state index contributed by atoms with van der Waals surface area (Å²) in [4.78, 5) is 25.3. The zero-order chi connectivity index (χ0) is 19.4. The molecule has 26 heavy (non-hydrogen) atoms. The van der Waals surface area contributed by atoms with Crippen molar-refractivity contribution in [1.82, 2.24) is 4.90 Å². The first-order valence-electron chi connectivity index (χ1n) is 7.65. The van der Waals surface area contributed by atoms with Crippen LogP contribution in [0.4, 0.5) is 0 Å². The molecule has 1 aromatic carbocycles. The van der Waals surface area contributed by atoms with Crippen molar-refractivity contribution in [2.45, 2.75) is 19.4 Å². The molecule has 0 aromatic heterocycles. The van der Waals surface area contributed by atoms with Gasteiger partial charge in [0.15, 0.2) is 11.5 Å². The minimum atomic E-state index is -1.34. The maximum absolute atomic E-state index is 12.6. The van der Waals surface area contributed by atoms with Gasteiger partial charge in [0.25, 0.3) is 5.91 Å². The third-order valence-electron chi connectivity index (χ3n) is 3.78. The summed E-state index contributed by atoms with van der Waals surface area (Å²) in [7, 11) is 4.48. The molecule has 7 nitrogen and oxygen atoms in total. The predicted molar refractivity (Wildman–Crippen MR) is 100 cm³/mol. The summed E-state index contributed by atoms with van der Waals surface area (Å²) in [6.45, 7) is 1.65. The number of aliphatic carboxylic acids is 1. The largest absolute Gasteiger partial charge is 0.548 e. The number of benzene rings is 1. The second kappa shape index (κ2) is 8.41. The lowest BCUT2D eigenvalue weighted by Gasteiger charge is -2.26. The molecule has 0 unspecified atom stereocenters. The van der Waals surface area contributed by atoms with Crippen LogP contribution in [0.2, 0.25) is 0 Å². The SMILES string of the molecule is CC[C@H](C(=O)[O-])N1C(=O)/C(=C/c2cc(OC)c(OC)c(OC)c2)SC1=S. The van der Waals surface area contributed by atoms with E-state index in [1.54, 1.807) is 25.1 Å². The number of carbonyl (C=O) groups is 2. The summed E-state index contributed by atoms with van der Waals surface area (Å²) in [5, 5.41) is 11.3. The summed E-state index contributed by atoms with van der Waals surface area (Å²) in [5.41, 5.74) is 0.626. The maximum Gasteiger partial charge on any atom is 0.266 e. The number of ether oxygens (including phenoxy) is 3. The zero-order valence-electron chi connectivity index (χ0n) is 14.7. The van der Waals surface area contributed by atoms with Crippen molar-refractivity contribution in [1.29, 1.82) is 0 Å². The van der Waals surface area contributed by atoms with Crippen LogP contribution in [0.3, 0.4) is 0 Å². The Hall–Kier alpha value is -2.26. The summed E-state index contributed by atoms with van der Waals surface area (Å²) in [6.07, 6.45) is 1.80. The number of amides is 1. The van der Waals surface area contributed by atoms with Crippen molar-refractivity contribution < 1.29 is 28.9 Å². The molecule has 1 amide bonds. The number of hydrogen-bond acceptors (Lipinski definition) is 8. The third-order valence-corrected chi connectivity index (χ3v) is 5.11. The standard InChI is InChI=1S/C17H19NO6S2/c1-5-10(16(20)21)18-15(19)13(26-17(18)25)8-9-6-11(22-2)14(24-4)12(7-9)23-3/h6-8,10H,5H2,1-4H3,(H,20,21)/p-1/b13-8-/t10-/m1/s1. The Bertz CT molecular complexity index is 752. The highest BCUT2D eigenvalue weighted by molar-refractivity contribution is 8.26. The van der Waals surface area contributed by atoms with E-state index in [1.807, 2.05) is 0 Å². The number of methoxy groups -OCH3 is 3. The second-order valence-corrected chi connectivity index (χ2v) is 6.93. The van der Waals surface area contributed by atoms with Crippen molar-refractivity contribution >= 4 is 46.3 Å². The molecule has 1 fully saturated rings. The average molecular weight is 396 g/mol. The predicted octanol–water partition coefficient (Wildman–Crippen LogP) is 1.44. The highest BCUT2D eigenvalue weighted by Gasteiger charge is 2.37. The lowest BCUT2D eigenvalue weighted by atomic mass is 10.1. The number of carboxylic acids is 1. The van der Waals surface area contributed by atoms with Crippen molar-refractivity contribution in [3.63, 3.8) is 0 Å². The van der Waals surface area contributed by atoms with Gasteiger partial charge in [-0.2, -0.15) is 0 Å². The average Bonchev–Trinajstić information content (AvgIpc) is 2.88. The van der Waals surface area contributed by atoms with Crippen LogP contribution in [0.15, 0.2) is 17.0 Å². The molecule has 0 aliphatic carbocycles. The first-order valence-corrected chi connectivity index (χ1v) is 8.88. The smallest absolute Gasteiger partial charge is 0.266 e. The van der Waals surface area contributed by atoms with Gasteiger partial charge >= 0.3 is 0 Å². The first-order chi connectivity index (χ1) is 12.4. The van der Waals surface area contributed by atoms with Crippen LogP contribution in [0.1, 0.15) is 18.9 Å². The Kier molecular flexibility index (Phi) is 6.49. The van der Waals surface area contributed by atoms with E-state index in [9.17, 15) is 14.7 Å². The van der Waals surface area contributed by atoms with E-state index >= 15 is 0 Å². The molecule has 9 heteroatoms. The number of carbonyl (C=O) groups excluding carboxylic acids is 2. The van der Waals surface area contributed by atoms with E-state index in [1.165, 1.54) is 21.3 Å². The Morgan fingerprint density at radius 2 is 1.85 bits per heavy atom. The molecular weight excluding hydrogens is 378 g/mol. The molecule has 1 aliphatic rings. The Balaban J connectivity index is 2.43. The minimum Gasteiger partial charge on any atom is -0.548 e. The monoisotopic (exact) mass is 396 g/mol. The van der Waals surface area contributed by atoms with Crippen LogP contribution in [-0.4, -0.2) is 48.5 Å². The Morgan fingerprint density at radius 3 is 2.27 bits per heavy atom. The number of rotatable bonds is 7. The van der Waals surface area contributed by atoms with Gasteiger partial charge < -0.3 is 24.1 Å². The topological polar surface area (TPSA) is 88.1 Å². The molecule has 1 aromatic rings. The van der Waals surface area contributed by atoms with E-state index in [4.69, 9.17) is 26.4 Å². The fourth-order valence-electron chi connectivity index (χ4n) is 2.54. The molecule has 1 saturated heterocycles. The third kappa shape index (κ3) is 3.78. The fraction of sp³-hybridized carbons (Fsp3) is 0.353. The summed E-state index contributed by atoms with van der Waals surface area (Å²) >= 11 is 6.22. The fourth-order valence-corrected chi connectivity index (χ4v) is 3.90. The van der Waals surface area contributed by atoms with Crippen molar-refractivity contribution in [2.75, 3.05) is 21.3 Å². The molecule has 0 radical (unpaired) electrons. The molecule has 1 aliphatic heterocycles. The maximum atomic E-state index is 12.6. The van der Waals surface area contributed by atoms with Crippen LogP contribution in [0, 0.1) is 0 Å². The molecule has 0 N–H and O–H groups in total. The van der Waals surface area contributed by atoms with Gasteiger partial charge in [-0.05, 0) is 30.2 Å². The second-order valence-electron chi connectivity index (χ2n) is 5.25. The number of thiocarbonyl (C=S) groups is 1. The quantitative estimate of drug-likeness (QED) is 0.505. The van der Waals surface area contributed by atoms with Crippen LogP contribution < -0.4 is 19.3 Å². The van der Waals surface area contributed by atoms with E-state index in [2.05, 4.69) is 0 Å². The minimum absolute atomic E-state index is 0.185. The molecule has 2 rings (SSSR count). The number of thioether (sulfide) groups is 1. The van der Waals surface area contributed by atoms with Crippen LogP contribution in [-0.2, 0) is 9.59 Å². The van der Waals surface area contributed by atoms with Crippen molar-refractivity contribution in [3.8, 4) is 17.2 Å². The summed E-state index contributed by atoms with van der Waals surface area (Å²) in [5.74, 6) is -0.491. The van der Waals surface area contributed by atoms with Gasteiger partial charge in [0.2, 0.25) is 5.75 Å². The van der Waals surface area contributed by atoms with Crippen molar-refractivity contribution in [2.24, 2.45) is 0 Å². The van der Waals surface area contributed by atoms with Crippen LogP contribution in [0.5, 0.6) is 17.2 Å². The Labute approximate surface area is 160 Å². The zero-order valence-corrected chi connectivity index (χ0v) is 16.4.